The van der Waals surface area contributed by atoms with Crippen LogP contribution in [0.1, 0.15) is 40.0 Å². The van der Waals surface area contributed by atoms with Gasteiger partial charge in [0.15, 0.2) is 0 Å². The molecule has 2 aliphatic rings. The smallest absolute Gasteiger partial charge is 0.256 e. The Bertz CT molecular complexity index is 1300. The van der Waals surface area contributed by atoms with Gasteiger partial charge in [-0.3, -0.25) is 9.59 Å². The molecule has 2 saturated heterocycles. The van der Waals surface area contributed by atoms with Crippen molar-refractivity contribution < 1.29 is 14.3 Å². The van der Waals surface area contributed by atoms with Gasteiger partial charge >= 0.3 is 0 Å². The molecule has 0 atom stereocenters. The lowest BCUT2D eigenvalue weighted by Crippen LogP contribution is -2.47. The first-order chi connectivity index (χ1) is 18.5. The summed E-state index contributed by atoms with van der Waals surface area (Å²) in [6, 6.07) is 21.1. The van der Waals surface area contributed by atoms with E-state index in [-0.39, 0.29) is 11.8 Å². The number of anilines is 3. The Morgan fingerprint density at radius 1 is 0.763 bits per heavy atom. The summed E-state index contributed by atoms with van der Waals surface area (Å²) < 4.78 is 6.30. The van der Waals surface area contributed by atoms with Crippen LogP contribution in [0.5, 0.6) is 5.75 Å². The molecule has 0 bridgehead atoms. The van der Waals surface area contributed by atoms with Crippen molar-refractivity contribution in [3.63, 3.8) is 0 Å². The van der Waals surface area contributed by atoms with E-state index < -0.39 is 0 Å². The first-order valence-electron chi connectivity index (χ1n) is 13.2. The number of rotatable bonds is 6. The van der Waals surface area contributed by atoms with Crippen LogP contribution >= 0.6 is 15.9 Å². The number of methoxy groups -OCH3 is 1. The number of ether oxygens (including phenoxy) is 1. The third-order valence-electron chi connectivity index (χ3n) is 7.29. The van der Waals surface area contributed by atoms with Crippen LogP contribution < -0.4 is 19.9 Å². The maximum absolute atomic E-state index is 13.7. The van der Waals surface area contributed by atoms with E-state index in [1.54, 1.807) is 13.2 Å². The number of benzene rings is 3. The second kappa shape index (κ2) is 11.9. The van der Waals surface area contributed by atoms with E-state index in [4.69, 9.17) is 4.74 Å². The predicted molar refractivity (Wildman–Crippen MR) is 156 cm³/mol. The molecule has 198 valence electrons. The van der Waals surface area contributed by atoms with Crippen molar-refractivity contribution in [1.82, 2.24) is 4.90 Å². The van der Waals surface area contributed by atoms with Gasteiger partial charge in [0.25, 0.3) is 11.8 Å². The molecule has 1 N–H and O–H groups in total. The monoisotopic (exact) mass is 576 g/mol. The molecule has 2 amide bonds. The van der Waals surface area contributed by atoms with E-state index in [1.165, 1.54) is 0 Å². The fourth-order valence-corrected chi connectivity index (χ4v) is 5.72. The van der Waals surface area contributed by atoms with Gasteiger partial charge in [-0.25, -0.2) is 0 Å². The summed E-state index contributed by atoms with van der Waals surface area (Å²) in [5, 5.41) is 2.99. The van der Waals surface area contributed by atoms with Gasteiger partial charge in [0.2, 0.25) is 0 Å². The van der Waals surface area contributed by atoms with Gasteiger partial charge in [0, 0.05) is 55.1 Å². The Balaban J connectivity index is 1.39. The maximum Gasteiger partial charge on any atom is 0.256 e. The number of hydrogen-bond acceptors (Lipinski definition) is 5. The van der Waals surface area contributed by atoms with E-state index in [2.05, 4.69) is 37.1 Å². The number of nitrogens with one attached hydrogen (secondary N) is 1. The number of halogens is 1. The highest BCUT2D eigenvalue weighted by molar-refractivity contribution is 9.10. The van der Waals surface area contributed by atoms with Gasteiger partial charge < -0.3 is 24.8 Å². The fraction of sp³-hybridized carbons (Fsp3) is 0.333. The highest BCUT2D eigenvalue weighted by atomic mass is 79.9. The lowest BCUT2D eigenvalue weighted by molar-refractivity contribution is 0.0724. The lowest BCUT2D eigenvalue weighted by atomic mass is 10.0. The van der Waals surface area contributed by atoms with Crippen LogP contribution in [0.3, 0.4) is 0 Å². The lowest BCUT2D eigenvalue weighted by Gasteiger charge is -2.39. The molecule has 0 unspecified atom stereocenters. The highest BCUT2D eigenvalue weighted by Gasteiger charge is 2.27. The van der Waals surface area contributed by atoms with Crippen molar-refractivity contribution in [3.8, 4) is 5.75 Å². The quantitative estimate of drug-likeness (QED) is 0.410. The zero-order chi connectivity index (χ0) is 26.5. The average Bonchev–Trinajstić information content (AvgIpc) is 2.97. The van der Waals surface area contributed by atoms with Crippen molar-refractivity contribution in [2.24, 2.45) is 0 Å². The predicted octanol–water partition coefficient (Wildman–Crippen LogP) is 5.66. The maximum atomic E-state index is 13.7. The minimum atomic E-state index is -0.216. The van der Waals surface area contributed by atoms with Crippen molar-refractivity contribution >= 4 is 44.8 Å². The van der Waals surface area contributed by atoms with Crippen molar-refractivity contribution in [3.05, 3.63) is 82.3 Å². The molecule has 2 aliphatic heterocycles. The minimum absolute atomic E-state index is 0.0313. The normalized spacial score (nSPS) is 15.8. The Labute approximate surface area is 232 Å². The first-order valence-corrected chi connectivity index (χ1v) is 14.0. The number of likely N-dealkylation sites (tertiary alicyclic amines) is 1. The fourth-order valence-electron chi connectivity index (χ4n) is 5.25. The number of piperidine rings is 1. The van der Waals surface area contributed by atoms with Crippen molar-refractivity contribution in [1.29, 1.82) is 0 Å². The van der Waals surface area contributed by atoms with Gasteiger partial charge in [-0.15, -0.1) is 0 Å². The molecule has 0 spiro atoms. The molecule has 0 aliphatic carbocycles. The number of carbonyl (C=O) groups is 2. The Kier molecular flexibility index (Phi) is 8.17. The minimum Gasteiger partial charge on any atom is -0.495 e. The van der Waals surface area contributed by atoms with E-state index in [0.29, 0.717) is 16.8 Å². The zero-order valence-corrected chi connectivity index (χ0v) is 23.2. The van der Waals surface area contributed by atoms with Crippen LogP contribution in [-0.4, -0.2) is 63.1 Å². The summed E-state index contributed by atoms with van der Waals surface area (Å²) in [7, 11) is 1.70. The van der Waals surface area contributed by atoms with Gasteiger partial charge in [-0.2, -0.15) is 0 Å². The molecular formula is C30H33BrN4O3. The van der Waals surface area contributed by atoms with Gasteiger partial charge in [0.05, 0.1) is 23.9 Å². The number of amides is 2. The molecule has 3 aromatic rings. The summed E-state index contributed by atoms with van der Waals surface area (Å²) in [4.78, 5) is 33.3. The summed E-state index contributed by atoms with van der Waals surface area (Å²) in [6.07, 6.45) is 3.21. The van der Waals surface area contributed by atoms with Crippen LogP contribution in [0.2, 0.25) is 0 Å². The SMILES string of the molecule is COc1ccccc1N1CCN(c2ccc(NC(=O)c3ccccc3Br)cc2C(=O)N2CCCCC2)CC1. The van der Waals surface area contributed by atoms with E-state index in [1.807, 2.05) is 59.5 Å². The van der Waals surface area contributed by atoms with Gasteiger partial charge in [0.1, 0.15) is 5.75 Å². The van der Waals surface area contributed by atoms with Gasteiger partial charge in [-0.1, -0.05) is 24.3 Å². The molecule has 2 heterocycles. The number of para-hydroxylation sites is 2. The summed E-state index contributed by atoms with van der Waals surface area (Å²) in [5.74, 6) is 0.683. The number of nitrogens with zero attached hydrogens (tertiary/aromatic N) is 3. The average molecular weight is 578 g/mol. The Morgan fingerprint density at radius 3 is 2.13 bits per heavy atom. The largest absolute Gasteiger partial charge is 0.495 e. The molecule has 0 radical (unpaired) electrons. The molecule has 38 heavy (non-hydrogen) atoms. The van der Waals surface area contributed by atoms with Crippen LogP contribution in [0.25, 0.3) is 0 Å². The topological polar surface area (TPSA) is 65.1 Å². The third-order valence-corrected chi connectivity index (χ3v) is 7.98. The third kappa shape index (κ3) is 5.65. The molecule has 0 aromatic heterocycles. The highest BCUT2D eigenvalue weighted by Crippen LogP contribution is 2.32. The molecule has 2 fully saturated rings. The van der Waals surface area contributed by atoms with Crippen molar-refractivity contribution in [2.45, 2.75) is 19.3 Å². The number of hydrogen-bond donors (Lipinski definition) is 1. The first kappa shape index (κ1) is 26.1. The molecule has 0 saturated carbocycles. The summed E-state index contributed by atoms with van der Waals surface area (Å²) in [5.41, 5.74) is 3.81. The Hall–Kier alpha value is -3.52. The number of piperazine rings is 1. The number of carbonyl (C=O) groups excluding carboxylic acids is 2. The van der Waals surface area contributed by atoms with Crippen LogP contribution in [-0.2, 0) is 0 Å². The van der Waals surface area contributed by atoms with Crippen LogP contribution in [0.4, 0.5) is 17.1 Å². The molecule has 8 heteroatoms. The second-order valence-corrected chi connectivity index (χ2v) is 10.5. The molecule has 3 aromatic carbocycles. The van der Waals surface area contributed by atoms with E-state index in [0.717, 1.165) is 80.1 Å². The van der Waals surface area contributed by atoms with E-state index in [9.17, 15) is 9.59 Å². The van der Waals surface area contributed by atoms with Crippen molar-refractivity contribution in [2.75, 3.05) is 61.5 Å². The Morgan fingerprint density at radius 2 is 1.42 bits per heavy atom. The molecule has 5 rings (SSSR count). The summed E-state index contributed by atoms with van der Waals surface area (Å²) in [6.45, 7) is 4.74. The van der Waals surface area contributed by atoms with E-state index >= 15 is 0 Å². The zero-order valence-electron chi connectivity index (χ0n) is 21.7. The standard InChI is InChI=1S/C30H33BrN4O3/c1-38-28-12-6-5-11-27(28)34-19-17-33(18-20-34)26-14-13-22(32-29(36)23-9-3-4-10-25(23)31)21-24(26)30(37)35-15-7-2-8-16-35/h3-6,9-14,21H,2,7-8,15-20H2,1H3,(H,32,36). The molecule has 7 nitrogen and oxygen atoms in total. The second-order valence-electron chi connectivity index (χ2n) is 9.66. The summed E-state index contributed by atoms with van der Waals surface area (Å²) >= 11 is 3.45. The van der Waals surface area contributed by atoms with Gasteiger partial charge in [-0.05, 0) is 77.7 Å². The van der Waals surface area contributed by atoms with Crippen LogP contribution in [0, 0.1) is 0 Å². The van der Waals surface area contributed by atoms with Crippen LogP contribution in [0.15, 0.2) is 71.2 Å². The molecular weight excluding hydrogens is 544 g/mol.